The first-order valence-electron chi connectivity index (χ1n) is 13.1. The first-order valence-corrected chi connectivity index (χ1v) is 13.1. The van der Waals surface area contributed by atoms with E-state index in [2.05, 4.69) is 25.6 Å². The van der Waals surface area contributed by atoms with Gasteiger partial charge in [0.25, 0.3) is 0 Å². The topological polar surface area (TPSA) is 190 Å². The van der Waals surface area contributed by atoms with E-state index < -0.39 is 11.4 Å². The molecule has 1 aliphatic heterocycles. The van der Waals surface area contributed by atoms with Gasteiger partial charge in [-0.05, 0) is 42.8 Å². The molecule has 14 nitrogen and oxygen atoms in total. The number of nitrogen functional groups attached to an aromatic ring is 2. The monoisotopic (exact) mass is 568 g/mol. The molecule has 0 spiro atoms. The zero-order chi connectivity index (χ0) is 29.4. The van der Waals surface area contributed by atoms with Crippen molar-refractivity contribution in [3.05, 3.63) is 76.0 Å². The fourth-order valence-electron chi connectivity index (χ4n) is 5.07. The van der Waals surface area contributed by atoms with Gasteiger partial charge in [0.15, 0.2) is 0 Å². The van der Waals surface area contributed by atoms with E-state index >= 15 is 0 Å². The molecular weight excluding hydrogens is 540 g/mol. The smallest absolute Gasteiger partial charge is 0.354 e. The zero-order valence-electron chi connectivity index (χ0n) is 22.9. The van der Waals surface area contributed by atoms with Crippen LogP contribution in [-0.4, -0.2) is 62.4 Å². The first-order chi connectivity index (χ1) is 20.4. The van der Waals surface area contributed by atoms with Crippen molar-refractivity contribution < 1.29 is 9.47 Å². The predicted molar refractivity (Wildman–Crippen MR) is 159 cm³/mol. The van der Waals surface area contributed by atoms with Crippen molar-refractivity contribution in [2.45, 2.75) is 12.5 Å². The Balaban J connectivity index is 1.64. The molecule has 3 aromatic heterocycles. The molecular formula is C28H28N10O4. The molecule has 0 aliphatic carbocycles. The van der Waals surface area contributed by atoms with Crippen molar-refractivity contribution in [1.29, 1.82) is 0 Å². The number of rotatable bonds is 7. The lowest BCUT2D eigenvalue weighted by atomic mass is 9.97. The summed E-state index contributed by atoms with van der Waals surface area (Å²) in [5.41, 5.74) is 12.6. The maximum absolute atomic E-state index is 13.2. The van der Waals surface area contributed by atoms with Crippen LogP contribution in [0.1, 0.15) is 6.42 Å². The summed E-state index contributed by atoms with van der Waals surface area (Å²) in [5.74, 6) is 1.23. The number of benzene rings is 2. The van der Waals surface area contributed by atoms with Gasteiger partial charge >= 0.3 is 11.4 Å². The third kappa shape index (κ3) is 4.83. The summed E-state index contributed by atoms with van der Waals surface area (Å²) in [4.78, 5) is 43.3. The highest BCUT2D eigenvalue weighted by Crippen LogP contribution is 2.44. The van der Waals surface area contributed by atoms with Gasteiger partial charge in [0.1, 0.15) is 34.5 Å². The SMILES string of the molecule is COc1cc(OC)c(-n2ccc(N)nc2=O)c(-c2ccc3nc(NC4CCNC4)ncc3c2)c1-n1ccc(N)nc1=O. The van der Waals surface area contributed by atoms with E-state index in [1.807, 2.05) is 18.2 Å². The molecule has 0 amide bonds. The third-order valence-electron chi connectivity index (χ3n) is 7.04. The van der Waals surface area contributed by atoms with E-state index in [1.54, 1.807) is 12.3 Å². The van der Waals surface area contributed by atoms with Crippen LogP contribution in [0.25, 0.3) is 33.4 Å². The first kappa shape index (κ1) is 26.7. The number of methoxy groups -OCH3 is 2. The van der Waals surface area contributed by atoms with Crippen LogP contribution in [0, 0.1) is 0 Å². The number of hydrogen-bond donors (Lipinski definition) is 4. The van der Waals surface area contributed by atoms with Gasteiger partial charge in [-0.3, -0.25) is 9.13 Å². The third-order valence-corrected chi connectivity index (χ3v) is 7.04. The molecule has 5 aromatic rings. The second-order valence-corrected chi connectivity index (χ2v) is 9.66. The molecule has 6 N–H and O–H groups in total. The molecule has 2 aromatic carbocycles. The maximum atomic E-state index is 13.2. The summed E-state index contributed by atoms with van der Waals surface area (Å²) in [6.07, 6.45) is 5.70. The predicted octanol–water partition coefficient (Wildman–Crippen LogP) is 1.34. The van der Waals surface area contributed by atoms with Crippen LogP contribution in [0.2, 0.25) is 0 Å². The Labute approximate surface area is 239 Å². The average molecular weight is 569 g/mol. The second kappa shape index (κ2) is 10.8. The summed E-state index contributed by atoms with van der Waals surface area (Å²) in [7, 11) is 2.94. The lowest BCUT2D eigenvalue weighted by molar-refractivity contribution is 0.392. The summed E-state index contributed by atoms with van der Waals surface area (Å²) in [5, 5.41) is 7.41. The van der Waals surface area contributed by atoms with Gasteiger partial charge in [-0.1, -0.05) is 6.07 Å². The molecule has 1 atom stereocenters. The quantitative estimate of drug-likeness (QED) is 0.221. The Kier molecular flexibility index (Phi) is 6.88. The van der Waals surface area contributed by atoms with Crippen LogP contribution in [0.5, 0.6) is 11.5 Å². The molecule has 214 valence electrons. The average Bonchev–Trinajstić information content (AvgIpc) is 3.49. The highest BCUT2D eigenvalue weighted by molar-refractivity contribution is 5.92. The Bertz CT molecular complexity index is 1850. The van der Waals surface area contributed by atoms with Crippen molar-refractivity contribution in [1.82, 2.24) is 34.4 Å². The fourth-order valence-corrected chi connectivity index (χ4v) is 5.07. The Hall–Kier alpha value is -5.50. The van der Waals surface area contributed by atoms with E-state index in [-0.39, 0.29) is 29.2 Å². The number of ether oxygens (including phenoxy) is 2. The standard InChI is InChI=1S/C28H28N10O4/c1-41-19-12-20(42-2)25(38-10-7-22(30)36-28(38)40)23(24(19)37-9-6-21(29)35-27(37)39)15-3-4-18-16(11-15)13-32-26(34-18)33-17-5-8-31-14-17/h3-4,6-7,9-13,17,31H,5,8,14H2,1-2H3,(H2,29,35,39)(H2,30,36,40)(H,32,33,34). The van der Waals surface area contributed by atoms with Crippen molar-refractivity contribution in [3.8, 4) is 34.0 Å². The van der Waals surface area contributed by atoms with E-state index in [9.17, 15) is 9.59 Å². The van der Waals surface area contributed by atoms with Crippen molar-refractivity contribution in [3.63, 3.8) is 0 Å². The van der Waals surface area contributed by atoms with Gasteiger partial charge in [-0.15, -0.1) is 0 Å². The molecule has 1 fully saturated rings. The number of hydrogen-bond acceptors (Lipinski definition) is 12. The van der Waals surface area contributed by atoms with Crippen LogP contribution >= 0.6 is 0 Å². The number of fused-ring (bicyclic) bond motifs is 1. The molecule has 0 bridgehead atoms. The van der Waals surface area contributed by atoms with Crippen molar-refractivity contribution in [2.24, 2.45) is 0 Å². The molecule has 6 rings (SSSR count). The summed E-state index contributed by atoms with van der Waals surface area (Å²) >= 11 is 0. The number of anilines is 3. The minimum atomic E-state index is -0.644. The van der Waals surface area contributed by atoms with E-state index in [1.165, 1.54) is 47.9 Å². The minimum absolute atomic E-state index is 0.0603. The summed E-state index contributed by atoms with van der Waals surface area (Å²) in [6.45, 7) is 1.80. The normalized spacial score (nSPS) is 14.7. The van der Waals surface area contributed by atoms with Gasteiger partial charge in [0.05, 0.1) is 19.7 Å². The molecule has 1 aliphatic rings. The van der Waals surface area contributed by atoms with Gasteiger partial charge in [0, 0.05) is 48.2 Å². The second-order valence-electron chi connectivity index (χ2n) is 9.66. The fraction of sp³-hybridized carbons (Fsp3) is 0.214. The highest BCUT2D eigenvalue weighted by atomic mass is 16.5. The van der Waals surface area contributed by atoms with Crippen LogP contribution in [0.15, 0.2) is 64.6 Å². The zero-order valence-corrected chi connectivity index (χ0v) is 22.9. The molecule has 14 heteroatoms. The number of nitrogens with zero attached hydrogens (tertiary/aromatic N) is 6. The van der Waals surface area contributed by atoms with Crippen LogP contribution in [0.4, 0.5) is 17.6 Å². The van der Waals surface area contributed by atoms with E-state index in [4.69, 9.17) is 25.9 Å². The highest BCUT2D eigenvalue weighted by Gasteiger charge is 2.26. The van der Waals surface area contributed by atoms with Gasteiger partial charge in [0.2, 0.25) is 5.95 Å². The van der Waals surface area contributed by atoms with Crippen LogP contribution in [-0.2, 0) is 0 Å². The number of nitrogens with two attached hydrogens (primary N) is 2. The van der Waals surface area contributed by atoms with Gasteiger partial charge in [-0.2, -0.15) is 9.97 Å². The summed E-state index contributed by atoms with van der Waals surface area (Å²) < 4.78 is 14.1. The molecule has 0 saturated carbocycles. The van der Waals surface area contributed by atoms with Crippen molar-refractivity contribution in [2.75, 3.05) is 44.1 Å². The molecule has 4 heterocycles. The lowest BCUT2D eigenvalue weighted by Crippen LogP contribution is -2.25. The molecule has 0 radical (unpaired) electrons. The minimum Gasteiger partial charge on any atom is -0.494 e. The Morgan fingerprint density at radius 1 is 0.905 bits per heavy atom. The van der Waals surface area contributed by atoms with Crippen LogP contribution < -0.4 is 43.0 Å². The van der Waals surface area contributed by atoms with E-state index in [0.717, 1.165) is 24.9 Å². The number of aromatic nitrogens is 6. The van der Waals surface area contributed by atoms with Crippen LogP contribution in [0.3, 0.4) is 0 Å². The van der Waals surface area contributed by atoms with Gasteiger partial charge < -0.3 is 31.6 Å². The van der Waals surface area contributed by atoms with Gasteiger partial charge in [-0.25, -0.2) is 19.6 Å². The Morgan fingerprint density at radius 3 is 2.10 bits per heavy atom. The molecule has 1 unspecified atom stereocenters. The van der Waals surface area contributed by atoms with Crippen molar-refractivity contribution >= 4 is 28.5 Å². The Morgan fingerprint density at radius 2 is 1.55 bits per heavy atom. The molecule has 42 heavy (non-hydrogen) atoms. The summed E-state index contributed by atoms with van der Waals surface area (Å²) in [6, 6.07) is 10.4. The van der Waals surface area contributed by atoms with E-state index in [0.29, 0.717) is 34.0 Å². The number of nitrogens with one attached hydrogen (secondary N) is 2. The molecule has 1 saturated heterocycles. The lowest BCUT2D eigenvalue weighted by Gasteiger charge is -2.23. The maximum Gasteiger partial charge on any atom is 0.354 e. The largest absolute Gasteiger partial charge is 0.494 e.